The van der Waals surface area contributed by atoms with Gasteiger partial charge in [-0.05, 0) is 30.4 Å². The van der Waals surface area contributed by atoms with Crippen molar-refractivity contribution in [3.8, 4) is 0 Å². The molecule has 35 heavy (non-hydrogen) atoms. The Balaban J connectivity index is 3.11. The van der Waals surface area contributed by atoms with Crippen molar-refractivity contribution in [2.24, 2.45) is 11.5 Å². The predicted molar refractivity (Wildman–Crippen MR) is 130 cm³/mol. The fourth-order valence-corrected chi connectivity index (χ4v) is 3.49. The van der Waals surface area contributed by atoms with Crippen molar-refractivity contribution in [2.75, 3.05) is 18.6 Å². The molecular formula is C22H33N5O7S. The van der Waals surface area contributed by atoms with Gasteiger partial charge in [-0.25, -0.2) is 4.79 Å². The number of carbonyl (C=O) groups is 5. The van der Waals surface area contributed by atoms with Crippen LogP contribution in [0.15, 0.2) is 30.3 Å². The van der Waals surface area contributed by atoms with Crippen LogP contribution in [-0.4, -0.2) is 82.6 Å². The molecule has 194 valence electrons. The Morgan fingerprint density at radius 1 is 0.914 bits per heavy atom. The van der Waals surface area contributed by atoms with Gasteiger partial charge in [0.25, 0.3) is 0 Å². The summed E-state index contributed by atoms with van der Waals surface area (Å²) >= 11 is 1.43. The Labute approximate surface area is 207 Å². The monoisotopic (exact) mass is 511 g/mol. The molecular weight excluding hydrogens is 478 g/mol. The topological polar surface area (TPSA) is 214 Å². The van der Waals surface area contributed by atoms with Crippen LogP contribution in [0.25, 0.3) is 0 Å². The Hall–Kier alpha value is -3.16. The lowest BCUT2D eigenvalue weighted by Gasteiger charge is -2.25. The normalized spacial score (nSPS) is 14.1. The molecule has 4 atom stereocenters. The lowest BCUT2D eigenvalue weighted by molar-refractivity contribution is -0.142. The predicted octanol–water partition coefficient (Wildman–Crippen LogP) is -1.89. The molecule has 4 amide bonds. The molecule has 12 nitrogen and oxygen atoms in total. The van der Waals surface area contributed by atoms with Crippen LogP contribution in [-0.2, 0) is 30.4 Å². The Morgan fingerprint density at radius 3 is 2.03 bits per heavy atom. The highest BCUT2D eigenvalue weighted by Crippen LogP contribution is 2.08. The number of hydrogen-bond acceptors (Lipinski definition) is 8. The van der Waals surface area contributed by atoms with Crippen LogP contribution in [0.4, 0.5) is 0 Å². The number of carboxylic acid groups (broad SMARTS) is 1. The average Bonchev–Trinajstić information content (AvgIpc) is 2.83. The molecule has 4 unspecified atom stereocenters. The van der Waals surface area contributed by atoms with Crippen molar-refractivity contribution in [3.63, 3.8) is 0 Å². The third-order valence-corrected chi connectivity index (χ3v) is 5.63. The van der Waals surface area contributed by atoms with Crippen LogP contribution in [0.2, 0.25) is 0 Å². The first-order valence-electron chi connectivity index (χ1n) is 10.9. The number of aliphatic hydroxyl groups is 1. The summed E-state index contributed by atoms with van der Waals surface area (Å²) in [4.78, 5) is 61.0. The summed E-state index contributed by atoms with van der Waals surface area (Å²) < 4.78 is 0. The van der Waals surface area contributed by atoms with Crippen molar-refractivity contribution in [2.45, 2.75) is 49.9 Å². The van der Waals surface area contributed by atoms with Gasteiger partial charge in [0, 0.05) is 12.8 Å². The lowest BCUT2D eigenvalue weighted by Crippen LogP contribution is -2.58. The highest BCUT2D eigenvalue weighted by molar-refractivity contribution is 7.98. The molecule has 0 saturated carbocycles. The van der Waals surface area contributed by atoms with Crippen molar-refractivity contribution in [1.82, 2.24) is 16.0 Å². The van der Waals surface area contributed by atoms with E-state index < -0.39 is 60.4 Å². The van der Waals surface area contributed by atoms with E-state index in [0.717, 1.165) is 0 Å². The number of thioether (sulfide) groups is 1. The maximum Gasteiger partial charge on any atom is 0.326 e. The van der Waals surface area contributed by atoms with Gasteiger partial charge in [0.05, 0.1) is 6.61 Å². The molecule has 0 aliphatic carbocycles. The van der Waals surface area contributed by atoms with Gasteiger partial charge in [-0.15, -0.1) is 0 Å². The van der Waals surface area contributed by atoms with Gasteiger partial charge in [-0.1, -0.05) is 30.3 Å². The standard InChI is InChI=1S/C22H33N5O7S/c1-35-10-9-16(22(33)34)26-21(32)17(11-13-5-3-2-4-6-13)27-20(31)15(7-8-18(24)29)25-19(30)14(23)12-28/h2-6,14-17,28H,7-12,23H2,1H3,(H2,24,29)(H,25,30)(H,26,32)(H,27,31)(H,33,34). The third kappa shape index (κ3) is 11.2. The second kappa shape index (κ2) is 15.7. The summed E-state index contributed by atoms with van der Waals surface area (Å²) in [7, 11) is 0. The van der Waals surface area contributed by atoms with E-state index in [1.165, 1.54) is 11.8 Å². The molecule has 1 aromatic carbocycles. The number of benzene rings is 1. The highest BCUT2D eigenvalue weighted by atomic mass is 32.2. The van der Waals surface area contributed by atoms with Crippen LogP contribution in [0.3, 0.4) is 0 Å². The summed E-state index contributed by atoms with van der Waals surface area (Å²) in [6, 6.07) is 3.84. The third-order valence-electron chi connectivity index (χ3n) is 4.99. The van der Waals surface area contributed by atoms with Crippen LogP contribution < -0.4 is 27.4 Å². The second-order valence-corrected chi connectivity index (χ2v) is 8.77. The van der Waals surface area contributed by atoms with Crippen LogP contribution in [0, 0.1) is 0 Å². The first kappa shape index (κ1) is 29.9. The smallest absolute Gasteiger partial charge is 0.326 e. The summed E-state index contributed by atoms with van der Waals surface area (Å²) in [5.41, 5.74) is 11.3. The van der Waals surface area contributed by atoms with Crippen LogP contribution in [0.5, 0.6) is 0 Å². The molecule has 13 heteroatoms. The number of primary amides is 1. The lowest BCUT2D eigenvalue weighted by atomic mass is 10.0. The van der Waals surface area contributed by atoms with Gasteiger partial charge in [0.1, 0.15) is 24.2 Å². The number of amides is 4. The minimum absolute atomic E-state index is 0.0416. The first-order chi connectivity index (χ1) is 16.6. The molecule has 0 fully saturated rings. The van der Waals surface area contributed by atoms with E-state index in [0.29, 0.717) is 11.3 Å². The van der Waals surface area contributed by atoms with Gasteiger partial charge >= 0.3 is 5.97 Å². The van der Waals surface area contributed by atoms with Gasteiger partial charge in [0.2, 0.25) is 23.6 Å². The number of aliphatic hydroxyl groups excluding tert-OH is 1. The SMILES string of the molecule is CSCCC(NC(=O)C(Cc1ccccc1)NC(=O)C(CCC(N)=O)NC(=O)C(N)CO)C(=O)O. The average molecular weight is 512 g/mol. The number of aliphatic carboxylic acids is 1. The van der Waals surface area contributed by atoms with E-state index in [9.17, 15) is 29.1 Å². The fourth-order valence-electron chi connectivity index (χ4n) is 3.01. The Bertz CT molecular complexity index is 871. The zero-order valence-electron chi connectivity index (χ0n) is 19.4. The zero-order chi connectivity index (χ0) is 26.4. The molecule has 1 rings (SSSR count). The van der Waals surface area contributed by atoms with E-state index in [4.69, 9.17) is 16.6 Å². The maximum absolute atomic E-state index is 13.0. The number of hydrogen-bond donors (Lipinski definition) is 7. The van der Waals surface area contributed by atoms with Gasteiger partial charge in [-0.3, -0.25) is 19.2 Å². The fraction of sp³-hybridized carbons (Fsp3) is 0.500. The van der Waals surface area contributed by atoms with E-state index in [-0.39, 0.29) is 25.7 Å². The van der Waals surface area contributed by atoms with E-state index in [1.54, 1.807) is 30.3 Å². The van der Waals surface area contributed by atoms with Crippen LogP contribution >= 0.6 is 11.8 Å². The van der Waals surface area contributed by atoms with Gasteiger partial charge < -0.3 is 37.6 Å². The van der Waals surface area contributed by atoms with Crippen molar-refractivity contribution in [3.05, 3.63) is 35.9 Å². The summed E-state index contributed by atoms with van der Waals surface area (Å²) in [6.45, 7) is -0.665. The summed E-state index contributed by atoms with van der Waals surface area (Å²) in [5.74, 6) is -3.76. The molecule has 9 N–H and O–H groups in total. The van der Waals surface area contributed by atoms with Gasteiger partial charge in [0.15, 0.2) is 0 Å². The van der Waals surface area contributed by atoms with E-state index in [2.05, 4.69) is 16.0 Å². The van der Waals surface area contributed by atoms with Crippen molar-refractivity contribution < 1.29 is 34.2 Å². The maximum atomic E-state index is 13.0. The Kier molecular flexibility index (Phi) is 13.4. The summed E-state index contributed by atoms with van der Waals surface area (Å²) in [6.07, 6.45) is 1.63. The molecule has 0 aliphatic rings. The van der Waals surface area contributed by atoms with Crippen LogP contribution in [0.1, 0.15) is 24.8 Å². The number of nitrogens with one attached hydrogen (secondary N) is 3. The first-order valence-corrected chi connectivity index (χ1v) is 12.3. The number of carbonyl (C=O) groups excluding carboxylic acids is 4. The minimum atomic E-state index is -1.30. The van der Waals surface area contributed by atoms with Gasteiger partial charge in [-0.2, -0.15) is 11.8 Å². The summed E-state index contributed by atoms with van der Waals surface area (Å²) in [5, 5.41) is 25.9. The molecule has 0 aliphatic heterocycles. The zero-order valence-corrected chi connectivity index (χ0v) is 20.3. The second-order valence-electron chi connectivity index (χ2n) is 7.79. The minimum Gasteiger partial charge on any atom is -0.480 e. The molecule has 1 aromatic rings. The largest absolute Gasteiger partial charge is 0.480 e. The molecule has 0 bridgehead atoms. The number of nitrogens with two attached hydrogens (primary N) is 2. The number of rotatable bonds is 16. The molecule has 0 heterocycles. The number of carboxylic acids is 1. The quantitative estimate of drug-likeness (QED) is 0.132. The highest BCUT2D eigenvalue weighted by Gasteiger charge is 2.30. The van der Waals surface area contributed by atoms with Crippen molar-refractivity contribution >= 4 is 41.4 Å². The molecule has 0 aromatic heterocycles. The molecule has 0 saturated heterocycles. The Morgan fingerprint density at radius 2 is 1.49 bits per heavy atom. The molecule has 0 radical (unpaired) electrons. The molecule has 0 spiro atoms. The van der Waals surface area contributed by atoms with E-state index >= 15 is 0 Å². The van der Waals surface area contributed by atoms with E-state index in [1.807, 2.05) is 6.26 Å². The van der Waals surface area contributed by atoms with Crippen molar-refractivity contribution in [1.29, 1.82) is 0 Å².